The minimum Gasteiger partial charge on any atom is -0.391 e. The standard InChI is InChI=1S/C27H29FN6O2/c28-21-5-3-4-20-18(14-23(32-25(20)21)26(36)33-22-6-1-2-7-24(22)35)16-34-12-9-27(17-29,10-13-34)19-8-11-30-31-15-19/h3-5,8,11,14-15,22,24,35H,1-2,6-7,9-10,12-13,16H2,(H,33,36)/t22-,24-/m0/s1. The zero-order valence-electron chi connectivity index (χ0n) is 20.0. The number of carbonyl (C=O) groups is 1. The number of amides is 1. The quantitative estimate of drug-likeness (QED) is 0.566. The minimum atomic E-state index is -0.606. The largest absolute Gasteiger partial charge is 0.391 e. The number of carbonyl (C=O) groups excluding carboxylic acids is 1. The molecule has 1 aromatic carbocycles. The van der Waals surface area contributed by atoms with E-state index in [0.717, 1.165) is 24.0 Å². The molecule has 1 aliphatic heterocycles. The molecule has 2 N–H and O–H groups in total. The van der Waals surface area contributed by atoms with Gasteiger partial charge in [-0.05, 0) is 55.0 Å². The Hall–Kier alpha value is -3.48. The van der Waals surface area contributed by atoms with E-state index < -0.39 is 23.2 Å². The molecule has 1 amide bonds. The number of hydrogen-bond donors (Lipinski definition) is 2. The lowest BCUT2D eigenvalue weighted by atomic mass is 9.75. The zero-order chi connectivity index (χ0) is 25.1. The Morgan fingerprint density at radius 1 is 1.22 bits per heavy atom. The summed E-state index contributed by atoms with van der Waals surface area (Å²) in [5.74, 6) is -0.881. The summed E-state index contributed by atoms with van der Waals surface area (Å²) in [6.45, 7) is 1.85. The van der Waals surface area contributed by atoms with Crippen molar-refractivity contribution in [1.29, 1.82) is 5.26 Å². The van der Waals surface area contributed by atoms with Crippen LogP contribution in [-0.2, 0) is 12.0 Å². The zero-order valence-corrected chi connectivity index (χ0v) is 20.0. The Morgan fingerprint density at radius 3 is 2.75 bits per heavy atom. The molecule has 1 saturated carbocycles. The third kappa shape index (κ3) is 4.79. The molecular weight excluding hydrogens is 459 g/mol. The molecule has 5 rings (SSSR count). The Morgan fingerprint density at radius 2 is 2.03 bits per heavy atom. The molecule has 0 spiro atoms. The van der Waals surface area contributed by atoms with Gasteiger partial charge in [-0.1, -0.05) is 25.0 Å². The maximum absolute atomic E-state index is 14.7. The third-order valence-electron chi connectivity index (χ3n) is 7.61. The van der Waals surface area contributed by atoms with Crippen LogP contribution in [0.3, 0.4) is 0 Å². The van der Waals surface area contributed by atoms with Crippen molar-refractivity contribution < 1.29 is 14.3 Å². The van der Waals surface area contributed by atoms with Gasteiger partial charge in [0.05, 0.1) is 29.8 Å². The molecule has 1 aliphatic carbocycles. The first kappa shape index (κ1) is 24.2. The molecule has 36 heavy (non-hydrogen) atoms. The smallest absolute Gasteiger partial charge is 0.270 e. The van der Waals surface area contributed by atoms with Crippen molar-refractivity contribution in [2.75, 3.05) is 13.1 Å². The van der Waals surface area contributed by atoms with Crippen molar-refractivity contribution in [2.24, 2.45) is 0 Å². The number of aliphatic hydroxyl groups excluding tert-OH is 1. The molecule has 2 aromatic heterocycles. The fourth-order valence-electron chi connectivity index (χ4n) is 5.43. The van der Waals surface area contributed by atoms with E-state index >= 15 is 0 Å². The van der Waals surface area contributed by atoms with E-state index in [4.69, 9.17) is 0 Å². The second-order valence-corrected chi connectivity index (χ2v) is 9.84. The number of nitriles is 1. The van der Waals surface area contributed by atoms with Gasteiger partial charge in [-0.15, -0.1) is 0 Å². The monoisotopic (exact) mass is 488 g/mol. The Bertz CT molecular complexity index is 1290. The van der Waals surface area contributed by atoms with Crippen LogP contribution in [-0.4, -0.2) is 56.3 Å². The normalized spacial score (nSPS) is 22.1. The summed E-state index contributed by atoms with van der Waals surface area (Å²) >= 11 is 0. The fraction of sp³-hybridized carbons (Fsp3) is 0.444. The number of piperidine rings is 1. The second kappa shape index (κ2) is 10.2. The summed E-state index contributed by atoms with van der Waals surface area (Å²) in [7, 11) is 0. The van der Waals surface area contributed by atoms with Crippen molar-refractivity contribution in [3.63, 3.8) is 0 Å². The summed E-state index contributed by atoms with van der Waals surface area (Å²) in [5.41, 5.74) is 1.39. The number of nitrogens with one attached hydrogen (secondary N) is 1. The third-order valence-corrected chi connectivity index (χ3v) is 7.61. The average Bonchev–Trinajstić information content (AvgIpc) is 2.91. The van der Waals surface area contributed by atoms with Gasteiger partial charge in [-0.25, -0.2) is 9.37 Å². The number of rotatable bonds is 5. The highest BCUT2D eigenvalue weighted by Gasteiger charge is 2.37. The molecule has 3 heterocycles. The van der Waals surface area contributed by atoms with Gasteiger partial charge in [0.2, 0.25) is 0 Å². The summed E-state index contributed by atoms with van der Waals surface area (Å²) in [4.78, 5) is 19.6. The molecule has 1 saturated heterocycles. The maximum Gasteiger partial charge on any atom is 0.270 e. The molecule has 2 atom stereocenters. The molecule has 8 nitrogen and oxygen atoms in total. The molecule has 0 unspecified atom stereocenters. The van der Waals surface area contributed by atoms with E-state index in [1.807, 2.05) is 12.1 Å². The number of fused-ring (bicyclic) bond motifs is 1. The first-order valence-corrected chi connectivity index (χ1v) is 12.5. The highest BCUT2D eigenvalue weighted by atomic mass is 19.1. The highest BCUT2D eigenvalue weighted by molar-refractivity contribution is 5.96. The van der Waals surface area contributed by atoms with Crippen molar-refractivity contribution in [3.8, 4) is 6.07 Å². The summed E-state index contributed by atoms with van der Waals surface area (Å²) in [5, 5.41) is 31.6. The molecule has 9 heteroatoms. The lowest BCUT2D eigenvalue weighted by Gasteiger charge is -2.37. The fourth-order valence-corrected chi connectivity index (χ4v) is 5.43. The van der Waals surface area contributed by atoms with Crippen LogP contribution in [0.2, 0.25) is 0 Å². The molecule has 186 valence electrons. The van der Waals surface area contributed by atoms with Gasteiger partial charge in [-0.3, -0.25) is 9.69 Å². The molecule has 0 bridgehead atoms. The molecule has 2 aliphatic rings. The van der Waals surface area contributed by atoms with Crippen LogP contribution in [0.25, 0.3) is 10.9 Å². The minimum absolute atomic E-state index is 0.145. The average molecular weight is 489 g/mol. The van der Waals surface area contributed by atoms with Crippen molar-refractivity contribution in [1.82, 2.24) is 25.4 Å². The van der Waals surface area contributed by atoms with E-state index in [1.165, 1.54) is 6.07 Å². The number of benzene rings is 1. The number of hydrogen-bond acceptors (Lipinski definition) is 7. The lowest BCUT2D eigenvalue weighted by molar-refractivity contribution is 0.0714. The number of pyridine rings is 1. The van der Waals surface area contributed by atoms with Gasteiger partial charge in [-0.2, -0.15) is 15.5 Å². The van der Waals surface area contributed by atoms with Gasteiger partial charge in [0, 0.05) is 31.2 Å². The van der Waals surface area contributed by atoms with Crippen LogP contribution >= 0.6 is 0 Å². The lowest BCUT2D eigenvalue weighted by Crippen LogP contribution is -2.45. The Labute approximate surface area is 209 Å². The van der Waals surface area contributed by atoms with E-state index in [9.17, 15) is 19.6 Å². The van der Waals surface area contributed by atoms with E-state index in [1.54, 1.807) is 24.5 Å². The van der Waals surface area contributed by atoms with Crippen LogP contribution < -0.4 is 5.32 Å². The number of para-hydroxylation sites is 1. The van der Waals surface area contributed by atoms with Crippen LogP contribution in [0.1, 0.15) is 60.1 Å². The number of aromatic nitrogens is 3. The van der Waals surface area contributed by atoms with Crippen LogP contribution in [0.4, 0.5) is 4.39 Å². The van der Waals surface area contributed by atoms with Gasteiger partial charge in [0.15, 0.2) is 0 Å². The van der Waals surface area contributed by atoms with Gasteiger partial charge in [0.25, 0.3) is 5.91 Å². The summed E-state index contributed by atoms with van der Waals surface area (Å²) in [6, 6.07) is 10.6. The Kier molecular flexibility index (Phi) is 6.90. The highest BCUT2D eigenvalue weighted by Crippen LogP contribution is 2.35. The summed E-state index contributed by atoms with van der Waals surface area (Å²) < 4.78 is 14.7. The SMILES string of the molecule is N#CC1(c2ccnnc2)CCN(Cc2cc(C(=O)N[C@H]3CCCC[C@@H]3O)nc3c(F)cccc23)CC1. The number of likely N-dealkylation sites (tertiary alicyclic amines) is 1. The van der Waals surface area contributed by atoms with Gasteiger partial charge in [0.1, 0.15) is 17.0 Å². The molecule has 3 aromatic rings. The van der Waals surface area contributed by atoms with E-state index in [2.05, 4.69) is 31.5 Å². The van der Waals surface area contributed by atoms with Gasteiger partial charge >= 0.3 is 0 Å². The van der Waals surface area contributed by atoms with Crippen molar-refractivity contribution in [3.05, 3.63) is 65.4 Å². The first-order valence-electron chi connectivity index (χ1n) is 12.5. The number of aliphatic hydroxyl groups is 1. The number of halogens is 1. The van der Waals surface area contributed by atoms with E-state index in [0.29, 0.717) is 50.7 Å². The summed E-state index contributed by atoms with van der Waals surface area (Å²) in [6.07, 6.45) is 7.22. The van der Waals surface area contributed by atoms with Crippen LogP contribution in [0.15, 0.2) is 42.7 Å². The molecule has 0 radical (unpaired) electrons. The molecule has 2 fully saturated rings. The Balaban J connectivity index is 1.38. The first-order chi connectivity index (χ1) is 17.5. The van der Waals surface area contributed by atoms with Gasteiger partial charge < -0.3 is 10.4 Å². The van der Waals surface area contributed by atoms with Crippen molar-refractivity contribution in [2.45, 2.75) is 62.6 Å². The molecular formula is C27H29FN6O2. The predicted octanol–water partition coefficient (Wildman–Crippen LogP) is 3.25. The van der Waals surface area contributed by atoms with Crippen LogP contribution in [0.5, 0.6) is 0 Å². The van der Waals surface area contributed by atoms with E-state index in [-0.39, 0.29) is 17.3 Å². The maximum atomic E-state index is 14.7. The number of nitrogens with zero attached hydrogens (tertiary/aromatic N) is 5. The topological polar surface area (TPSA) is 115 Å². The van der Waals surface area contributed by atoms with Crippen LogP contribution in [0, 0.1) is 17.1 Å². The predicted molar refractivity (Wildman–Crippen MR) is 131 cm³/mol. The van der Waals surface area contributed by atoms with Crippen molar-refractivity contribution >= 4 is 16.8 Å². The second-order valence-electron chi connectivity index (χ2n) is 9.84.